The van der Waals surface area contributed by atoms with Gasteiger partial charge in [-0.1, -0.05) is 36.7 Å². The first-order chi connectivity index (χ1) is 9.83. The van der Waals surface area contributed by atoms with E-state index < -0.39 is 0 Å². The highest BCUT2D eigenvalue weighted by molar-refractivity contribution is 5.20. The molecule has 2 N–H and O–H groups in total. The van der Waals surface area contributed by atoms with Crippen LogP contribution in [0.3, 0.4) is 0 Å². The number of nitrogens with two attached hydrogens (primary N) is 1. The standard InChI is InChI=1S/C15H21N3O2/c1-2-6-12(11-16)15-17-14(18-20-15)9-10-19-13-7-4-3-5-8-13/h3-5,7-8,12H,2,6,9-11,16H2,1H3. The van der Waals surface area contributed by atoms with E-state index in [0.29, 0.717) is 31.3 Å². The molecule has 108 valence electrons. The molecule has 1 heterocycles. The SMILES string of the molecule is CCCC(CN)c1nc(CCOc2ccccc2)no1. The first-order valence-corrected chi connectivity index (χ1v) is 7.04. The molecule has 0 aliphatic carbocycles. The fourth-order valence-corrected chi connectivity index (χ4v) is 2.00. The molecule has 1 aromatic carbocycles. The normalized spacial score (nSPS) is 12.3. The van der Waals surface area contributed by atoms with Crippen molar-refractivity contribution in [3.63, 3.8) is 0 Å². The number of hydrogen-bond donors (Lipinski definition) is 1. The van der Waals surface area contributed by atoms with Gasteiger partial charge in [0.2, 0.25) is 5.89 Å². The van der Waals surface area contributed by atoms with E-state index in [-0.39, 0.29) is 5.92 Å². The minimum absolute atomic E-state index is 0.163. The van der Waals surface area contributed by atoms with Crippen molar-refractivity contribution in [2.75, 3.05) is 13.2 Å². The van der Waals surface area contributed by atoms with Crippen LogP contribution in [-0.2, 0) is 6.42 Å². The van der Waals surface area contributed by atoms with Gasteiger partial charge in [-0.3, -0.25) is 0 Å². The predicted octanol–water partition coefficient (Wildman–Crippen LogP) is 2.53. The molecule has 0 spiro atoms. The maximum atomic E-state index is 5.72. The van der Waals surface area contributed by atoms with Gasteiger partial charge in [0.05, 0.1) is 12.5 Å². The van der Waals surface area contributed by atoms with Gasteiger partial charge in [0.15, 0.2) is 5.82 Å². The van der Waals surface area contributed by atoms with Gasteiger partial charge in [-0.25, -0.2) is 0 Å². The van der Waals surface area contributed by atoms with Gasteiger partial charge in [-0.05, 0) is 18.6 Å². The summed E-state index contributed by atoms with van der Waals surface area (Å²) in [5.41, 5.74) is 5.72. The number of aromatic nitrogens is 2. The Morgan fingerprint density at radius 2 is 2.10 bits per heavy atom. The molecule has 0 aliphatic rings. The second-order valence-electron chi connectivity index (χ2n) is 4.68. The summed E-state index contributed by atoms with van der Waals surface area (Å²) < 4.78 is 10.9. The van der Waals surface area contributed by atoms with Crippen LogP contribution in [0.15, 0.2) is 34.9 Å². The van der Waals surface area contributed by atoms with Gasteiger partial charge in [0.25, 0.3) is 0 Å². The van der Waals surface area contributed by atoms with Crippen LogP contribution >= 0.6 is 0 Å². The highest BCUT2D eigenvalue weighted by Crippen LogP contribution is 2.18. The fourth-order valence-electron chi connectivity index (χ4n) is 2.00. The zero-order valence-corrected chi connectivity index (χ0v) is 11.8. The third kappa shape index (κ3) is 4.06. The molecule has 0 saturated heterocycles. The maximum Gasteiger partial charge on any atom is 0.231 e. The van der Waals surface area contributed by atoms with Crippen LogP contribution < -0.4 is 10.5 Å². The average Bonchev–Trinajstić information content (AvgIpc) is 2.94. The number of hydrogen-bond acceptors (Lipinski definition) is 5. The molecule has 0 amide bonds. The smallest absolute Gasteiger partial charge is 0.231 e. The molecule has 1 atom stereocenters. The Kier molecular flexibility index (Phi) is 5.55. The lowest BCUT2D eigenvalue weighted by molar-refractivity contribution is 0.311. The lowest BCUT2D eigenvalue weighted by Crippen LogP contribution is -2.12. The minimum Gasteiger partial charge on any atom is -0.493 e. The number of benzene rings is 1. The molecule has 1 aromatic heterocycles. The van der Waals surface area contributed by atoms with Crippen LogP contribution in [0.1, 0.15) is 37.4 Å². The Morgan fingerprint density at radius 3 is 2.80 bits per heavy atom. The number of rotatable bonds is 8. The summed E-state index contributed by atoms with van der Waals surface area (Å²) in [7, 11) is 0. The van der Waals surface area contributed by atoms with Gasteiger partial charge in [0.1, 0.15) is 5.75 Å². The van der Waals surface area contributed by atoms with Crippen LogP contribution in [0.25, 0.3) is 0 Å². The van der Waals surface area contributed by atoms with Crippen LogP contribution in [-0.4, -0.2) is 23.3 Å². The maximum absolute atomic E-state index is 5.72. The van der Waals surface area contributed by atoms with E-state index in [1.165, 1.54) is 0 Å². The highest BCUT2D eigenvalue weighted by Gasteiger charge is 2.16. The van der Waals surface area contributed by atoms with Crippen LogP contribution in [0, 0.1) is 0 Å². The third-order valence-corrected chi connectivity index (χ3v) is 3.09. The minimum atomic E-state index is 0.163. The van der Waals surface area contributed by atoms with Crippen LogP contribution in [0.5, 0.6) is 5.75 Å². The van der Waals surface area contributed by atoms with Crippen molar-refractivity contribution in [2.45, 2.75) is 32.1 Å². The molecule has 20 heavy (non-hydrogen) atoms. The van der Waals surface area contributed by atoms with Crippen molar-refractivity contribution in [1.29, 1.82) is 0 Å². The summed E-state index contributed by atoms with van der Waals surface area (Å²) >= 11 is 0. The third-order valence-electron chi connectivity index (χ3n) is 3.09. The Morgan fingerprint density at radius 1 is 1.30 bits per heavy atom. The molecular weight excluding hydrogens is 254 g/mol. The van der Waals surface area contributed by atoms with E-state index in [1.54, 1.807) is 0 Å². The van der Waals surface area contributed by atoms with Gasteiger partial charge < -0.3 is 15.0 Å². The number of ether oxygens (including phenoxy) is 1. The summed E-state index contributed by atoms with van der Waals surface area (Å²) in [6.07, 6.45) is 2.65. The molecule has 2 rings (SSSR count). The molecule has 0 aliphatic heterocycles. The lowest BCUT2D eigenvalue weighted by atomic mass is 10.0. The van der Waals surface area contributed by atoms with E-state index in [4.69, 9.17) is 15.0 Å². The van der Waals surface area contributed by atoms with Crippen molar-refractivity contribution in [1.82, 2.24) is 10.1 Å². The zero-order valence-electron chi connectivity index (χ0n) is 11.8. The summed E-state index contributed by atoms with van der Waals surface area (Å²) in [5.74, 6) is 2.33. The fraction of sp³-hybridized carbons (Fsp3) is 0.467. The van der Waals surface area contributed by atoms with E-state index in [0.717, 1.165) is 18.6 Å². The summed E-state index contributed by atoms with van der Waals surface area (Å²) in [5, 5.41) is 3.98. The van der Waals surface area contributed by atoms with Crippen molar-refractivity contribution in [3.8, 4) is 5.75 Å². The van der Waals surface area contributed by atoms with Gasteiger partial charge >= 0.3 is 0 Å². The first-order valence-electron chi connectivity index (χ1n) is 7.04. The van der Waals surface area contributed by atoms with Crippen LogP contribution in [0.2, 0.25) is 0 Å². The number of nitrogens with zero attached hydrogens (tertiary/aromatic N) is 2. The van der Waals surface area contributed by atoms with E-state index in [2.05, 4.69) is 17.1 Å². The lowest BCUT2D eigenvalue weighted by Gasteiger charge is -2.06. The molecule has 5 nitrogen and oxygen atoms in total. The summed E-state index contributed by atoms with van der Waals surface area (Å²) in [6.45, 7) is 3.19. The molecule has 5 heteroatoms. The Balaban J connectivity index is 1.83. The second-order valence-corrected chi connectivity index (χ2v) is 4.68. The second kappa shape index (κ2) is 7.65. The molecule has 0 bridgehead atoms. The monoisotopic (exact) mass is 275 g/mol. The van der Waals surface area contributed by atoms with Gasteiger partial charge in [-0.15, -0.1) is 0 Å². The van der Waals surface area contributed by atoms with E-state index in [9.17, 15) is 0 Å². The van der Waals surface area contributed by atoms with Crippen molar-refractivity contribution in [3.05, 3.63) is 42.0 Å². The summed E-state index contributed by atoms with van der Waals surface area (Å²) in [6, 6.07) is 9.69. The topological polar surface area (TPSA) is 74.2 Å². The van der Waals surface area contributed by atoms with E-state index >= 15 is 0 Å². The molecule has 0 fully saturated rings. The van der Waals surface area contributed by atoms with E-state index in [1.807, 2.05) is 30.3 Å². The first kappa shape index (κ1) is 14.5. The molecular formula is C15H21N3O2. The van der Waals surface area contributed by atoms with Crippen molar-refractivity contribution >= 4 is 0 Å². The highest BCUT2D eigenvalue weighted by atomic mass is 16.5. The quantitative estimate of drug-likeness (QED) is 0.801. The van der Waals surface area contributed by atoms with Crippen molar-refractivity contribution < 1.29 is 9.26 Å². The molecule has 0 saturated carbocycles. The van der Waals surface area contributed by atoms with Crippen molar-refractivity contribution in [2.24, 2.45) is 5.73 Å². The number of para-hydroxylation sites is 1. The zero-order chi connectivity index (χ0) is 14.2. The average molecular weight is 275 g/mol. The molecule has 1 unspecified atom stereocenters. The Hall–Kier alpha value is -1.88. The van der Waals surface area contributed by atoms with Gasteiger partial charge in [-0.2, -0.15) is 4.98 Å². The molecule has 2 aromatic rings. The Bertz CT molecular complexity index is 499. The Labute approximate surface area is 119 Å². The summed E-state index contributed by atoms with van der Waals surface area (Å²) in [4.78, 5) is 4.39. The predicted molar refractivity (Wildman–Crippen MR) is 76.6 cm³/mol. The molecule has 0 radical (unpaired) electrons. The van der Waals surface area contributed by atoms with Crippen LogP contribution in [0.4, 0.5) is 0 Å². The van der Waals surface area contributed by atoms with Gasteiger partial charge in [0, 0.05) is 13.0 Å². The largest absolute Gasteiger partial charge is 0.493 e.